The van der Waals surface area contributed by atoms with Gasteiger partial charge in [0.25, 0.3) is 0 Å². The van der Waals surface area contributed by atoms with Crippen molar-refractivity contribution in [2.24, 2.45) is 4.52 Å². The molecule has 5 aromatic carbocycles. The first kappa shape index (κ1) is 29.1. The Balaban J connectivity index is 1.47. The second-order valence-corrected chi connectivity index (χ2v) is 13.1. The summed E-state index contributed by atoms with van der Waals surface area (Å²) in [5, 5.41) is 9.24. The molecule has 0 bridgehead atoms. The van der Waals surface area contributed by atoms with Gasteiger partial charge in [-0.15, -0.1) is 0 Å². The summed E-state index contributed by atoms with van der Waals surface area (Å²) in [5.41, 5.74) is 3.41. The number of nitrogens with one attached hydrogen (secondary N) is 1. The fourth-order valence-corrected chi connectivity index (χ4v) is 7.03. The van der Waals surface area contributed by atoms with Crippen molar-refractivity contribution in [2.45, 2.75) is 26.2 Å². The lowest BCUT2D eigenvalue weighted by Crippen LogP contribution is -2.18. The highest BCUT2D eigenvalue weighted by Gasteiger charge is 2.35. The van der Waals surface area contributed by atoms with Crippen LogP contribution >= 0.6 is 15.8 Å². The molecule has 1 unspecified atom stereocenters. The molecule has 0 saturated heterocycles. The molecular weight excluding hydrogens is 562 g/mol. The van der Waals surface area contributed by atoms with Crippen LogP contribution in [-0.2, 0) is 5.41 Å². The van der Waals surface area contributed by atoms with E-state index in [4.69, 9.17) is 18.1 Å². The average molecular weight is 596 g/mol. The van der Waals surface area contributed by atoms with Gasteiger partial charge in [-0.1, -0.05) is 110 Å². The Morgan fingerprint density at radius 2 is 0.929 bits per heavy atom. The van der Waals surface area contributed by atoms with Crippen molar-refractivity contribution in [3.05, 3.63) is 156 Å². The first-order valence-corrected chi connectivity index (χ1v) is 16.3. The summed E-state index contributed by atoms with van der Waals surface area (Å²) >= 11 is 0. The maximum absolute atomic E-state index is 9.24. The summed E-state index contributed by atoms with van der Waals surface area (Å²) in [6, 6.07) is 44.0. The van der Waals surface area contributed by atoms with Crippen LogP contribution in [0.3, 0.4) is 0 Å². The maximum atomic E-state index is 9.24. The monoisotopic (exact) mass is 595 g/mol. The molecule has 0 spiro atoms. The zero-order valence-corrected chi connectivity index (χ0v) is 25.5. The first-order valence-electron chi connectivity index (χ1n) is 13.5. The van der Waals surface area contributed by atoms with Gasteiger partial charge in [0, 0.05) is 5.41 Å². The number of para-hydroxylation sites is 3. The number of nitrogens with zero attached hydrogens (tertiary/aromatic N) is 1. The van der Waals surface area contributed by atoms with Gasteiger partial charge in [-0.25, -0.2) is 14.2 Å². The van der Waals surface area contributed by atoms with Gasteiger partial charge in [-0.2, -0.15) is 0 Å². The summed E-state index contributed by atoms with van der Waals surface area (Å²) in [6.07, 6.45) is 0. The van der Waals surface area contributed by atoms with E-state index in [-0.39, 0.29) is 5.41 Å². The third-order valence-corrected chi connectivity index (χ3v) is 9.77. The van der Waals surface area contributed by atoms with Gasteiger partial charge in [0.1, 0.15) is 11.5 Å². The second-order valence-electron chi connectivity index (χ2n) is 10.2. The van der Waals surface area contributed by atoms with E-state index in [9.17, 15) is 5.16 Å². The Labute approximate surface area is 248 Å². The fraction of sp³-hybridized carbons (Fsp3) is 0.118. The summed E-state index contributed by atoms with van der Waals surface area (Å²) in [7, 11) is -5.71. The topological polar surface area (TPSA) is 73.1 Å². The molecule has 8 heteroatoms. The summed E-state index contributed by atoms with van der Waals surface area (Å²) in [6.45, 7) is 6.50. The lowest BCUT2D eigenvalue weighted by atomic mass is 9.78. The molecule has 0 aliphatic heterocycles. The highest BCUT2D eigenvalue weighted by atomic mass is 31.2. The van der Waals surface area contributed by atoms with Crippen LogP contribution in [0, 0.1) is 12.1 Å². The molecule has 1 atom stereocenters. The number of rotatable bonds is 11. The van der Waals surface area contributed by atoms with Crippen molar-refractivity contribution in [3.8, 4) is 23.0 Å². The smallest absolute Gasteiger partial charge is 0.412 e. The fourth-order valence-electron chi connectivity index (χ4n) is 4.19. The van der Waals surface area contributed by atoms with Crippen molar-refractivity contribution >= 4 is 15.8 Å². The quantitative estimate of drug-likeness (QED) is 0.154. The van der Waals surface area contributed by atoms with Crippen molar-refractivity contribution < 1.29 is 18.1 Å². The number of hydrogen-bond donors (Lipinski definition) is 1. The minimum Gasteiger partial charge on any atom is -0.412 e. The molecular formula is C34H33N2O4P2+. The predicted octanol–water partition coefficient (Wildman–Crippen LogP) is 11.0. The standard InChI is InChI=1S/C34H33N2O4P2/c1-27-19-21-28(22-20-27)34(2,3)29-23-25-31(26-24-29)38-41(37-30-13-7-4-8-14-30)36-42(35,39-32-15-9-5-10-16-32)40-33-17-11-6-12-18-33/h4-26,35H,1-3H3/q+1. The maximum Gasteiger partial charge on any atom is 0.679 e. The zero-order chi connectivity index (χ0) is 29.4. The largest absolute Gasteiger partial charge is 0.679 e. The molecule has 0 aliphatic carbocycles. The van der Waals surface area contributed by atoms with E-state index in [1.165, 1.54) is 11.1 Å². The van der Waals surface area contributed by atoms with Crippen LogP contribution in [0.2, 0.25) is 0 Å². The molecule has 5 rings (SSSR count). The Morgan fingerprint density at radius 1 is 0.548 bits per heavy atom. The van der Waals surface area contributed by atoms with E-state index in [0.29, 0.717) is 23.0 Å². The normalized spacial score (nSPS) is 11.9. The Bertz CT molecular complexity index is 1620. The molecule has 0 aromatic heterocycles. The predicted molar refractivity (Wildman–Crippen MR) is 171 cm³/mol. The molecule has 0 heterocycles. The van der Waals surface area contributed by atoms with Crippen molar-refractivity contribution in [1.29, 1.82) is 5.16 Å². The minimum absolute atomic E-state index is 0.198. The third-order valence-electron chi connectivity index (χ3n) is 6.59. The average Bonchev–Trinajstić information content (AvgIpc) is 2.99. The number of hydrogen-bond acceptors (Lipinski definition) is 5. The van der Waals surface area contributed by atoms with E-state index >= 15 is 0 Å². The van der Waals surface area contributed by atoms with Gasteiger partial charge >= 0.3 is 15.8 Å². The Morgan fingerprint density at radius 3 is 1.38 bits per heavy atom. The lowest BCUT2D eigenvalue weighted by Gasteiger charge is -2.26. The van der Waals surface area contributed by atoms with Crippen LogP contribution in [0.5, 0.6) is 23.0 Å². The van der Waals surface area contributed by atoms with Gasteiger partial charge in [-0.05, 0) is 66.6 Å². The molecule has 0 aliphatic rings. The van der Waals surface area contributed by atoms with Crippen molar-refractivity contribution in [2.75, 3.05) is 0 Å². The van der Waals surface area contributed by atoms with Crippen LogP contribution in [0.1, 0.15) is 30.5 Å². The molecule has 0 fully saturated rings. The molecule has 6 nitrogen and oxygen atoms in total. The van der Waals surface area contributed by atoms with E-state index in [1.54, 1.807) is 24.3 Å². The Hall–Kier alpha value is -4.37. The molecule has 5 aromatic rings. The van der Waals surface area contributed by atoms with Crippen molar-refractivity contribution in [3.63, 3.8) is 0 Å². The van der Waals surface area contributed by atoms with Crippen LogP contribution in [0.4, 0.5) is 0 Å². The van der Waals surface area contributed by atoms with Crippen molar-refractivity contribution in [1.82, 2.24) is 0 Å². The minimum atomic E-state index is -3.67. The highest BCUT2D eigenvalue weighted by molar-refractivity contribution is 7.60. The van der Waals surface area contributed by atoms with E-state index in [2.05, 4.69) is 61.7 Å². The molecule has 42 heavy (non-hydrogen) atoms. The summed E-state index contributed by atoms with van der Waals surface area (Å²) in [5.74, 6) is 2.07. The molecule has 0 radical (unpaired) electrons. The number of aryl methyl sites for hydroxylation is 1. The van der Waals surface area contributed by atoms with Crippen LogP contribution in [0.25, 0.3) is 0 Å². The molecule has 0 amide bonds. The van der Waals surface area contributed by atoms with E-state index in [0.717, 1.165) is 5.56 Å². The molecule has 1 N–H and O–H groups in total. The Kier molecular flexibility index (Phi) is 9.07. The first-order chi connectivity index (χ1) is 20.3. The zero-order valence-electron chi connectivity index (χ0n) is 23.8. The van der Waals surface area contributed by atoms with Crippen LogP contribution < -0.4 is 18.1 Å². The highest BCUT2D eigenvalue weighted by Crippen LogP contribution is 2.56. The summed E-state index contributed by atoms with van der Waals surface area (Å²) in [4.78, 5) is 0. The van der Waals surface area contributed by atoms with E-state index in [1.807, 2.05) is 78.9 Å². The lowest BCUT2D eigenvalue weighted by molar-refractivity contribution is 0.466. The van der Waals surface area contributed by atoms with Gasteiger partial charge in [0.15, 0.2) is 11.5 Å². The summed E-state index contributed by atoms with van der Waals surface area (Å²) < 4.78 is 29.3. The van der Waals surface area contributed by atoms with E-state index < -0.39 is 15.8 Å². The molecule has 0 saturated carbocycles. The number of benzene rings is 5. The second kappa shape index (κ2) is 13.1. The SMILES string of the molecule is Cc1ccc(C(C)(C)c2ccc(O[P+](=NP(=N)(Oc3ccccc3)Oc3ccccc3)Oc3ccccc3)cc2)cc1. The van der Waals surface area contributed by atoms with Crippen LogP contribution in [0.15, 0.2) is 144 Å². The van der Waals surface area contributed by atoms with Crippen LogP contribution in [-0.4, -0.2) is 0 Å². The van der Waals surface area contributed by atoms with Gasteiger partial charge < -0.3 is 9.05 Å². The third kappa shape index (κ3) is 7.67. The van der Waals surface area contributed by atoms with Gasteiger partial charge in [0.2, 0.25) is 0 Å². The van der Waals surface area contributed by atoms with Gasteiger partial charge in [-0.3, -0.25) is 0 Å². The van der Waals surface area contributed by atoms with Gasteiger partial charge in [0.05, 0.1) is 4.52 Å². The molecule has 212 valence electrons.